The van der Waals surface area contributed by atoms with Gasteiger partial charge in [-0.25, -0.2) is 0 Å². The molecular formula is C67H103N13O14. The summed E-state index contributed by atoms with van der Waals surface area (Å²) >= 11 is 0. The van der Waals surface area contributed by atoms with Crippen LogP contribution in [-0.2, 0) is 75.2 Å². The number of hydrogen-bond acceptors (Lipinski definition) is 14. The van der Waals surface area contributed by atoms with Gasteiger partial charge in [-0.3, -0.25) is 62.3 Å². The first-order valence-electron chi connectivity index (χ1n) is 32.4. The average molecular weight is 1310 g/mol. The summed E-state index contributed by atoms with van der Waals surface area (Å²) < 4.78 is 0. The molecule has 6 N–H and O–H groups in total. The van der Waals surface area contributed by atoms with Gasteiger partial charge in [0.1, 0.15) is 72.5 Å². The third-order valence-corrected chi connectivity index (χ3v) is 18.2. The van der Waals surface area contributed by atoms with Crippen LogP contribution in [0.15, 0.2) is 60.7 Å². The minimum atomic E-state index is -1.79. The van der Waals surface area contributed by atoms with Crippen molar-refractivity contribution in [3.63, 3.8) is 0 Å². The molecule has 0 saturated carbocycles. The van der Waals surface area contributed by atoms with E-state index in [9.17, 15) is 62.6 Å². The number of rotatable bonds is 13. The fourth-order valence-electron chi connectivity index (χ4n) is 11.4. The molecular weight excluding hydrogens is 1210 g/mol. The summed E-state index contributed by atoms with van der Waals surface area (Å²) in [4.78, 5) is 198. The summed E-state index contributed by atoms with van der Waals surface area (Å²) in [5.41, 5.74) is 1.24. The number of piperidine rings is 1. The molecule has 2 aromatic carbocycles. The van der Waals surface area contributed by atoms with Gasteiger partial charge in [0.05, 0.1) is 12.5 Å². The molecule has 0 aromatic heterocycles. The number of aliphatic hydroxyl groups is 1. The van der Waals surface area contributed by atoms with Gasteiger partial charge >= 0.3 is 0 Å². The minimum absolute atomic E-state index is 0.0711. The van der Waals surface area contributed by atoms with Gasteiger partial charge in [-0.2, -0.15) is 0 Å². The number of carbonyl (C=O) groups excluding carboxylic acids is 13. The van der Waals surface area contributed by atoms with Crippen molar-refractivity contribution < 1.29 is 67.4 Å². The van der Waals surface area contributed by atoms with Crippen LogP contribution in [0, 0.1) is 11.8 Å². The average Bonchev–Trinajstić information content (AvgIpc) is 0.854. The lowest BCUT2D eigenvalue weighted by Crippen LogP contribution is -2.62. The fourth-order valence-corrected chi connectivity index (χ4v) is 11.4. The van der Waals surface area contributed by atoms with Crippen LogP contribution < -0.4 is 26.6 Å². The number of amides is 13. The second kappa shape index (κ2) is 35.1. The van der Waals surface area contributed by atoms with E-state index in [1.54, 1.807) is 86.3 Å². The zero-order valence-corrected chi connectivity index (χ0v) is 58.1. The smallest absolute Gasteiger partial charge is 0.248 e. The van der Waals surface area contributed by atoms with Crippen molar-refractivity contribution in [2.75, 3.05) is 62.4 Å². The number of likely N-dealkylation sites (N-methyl/N-ethyl adjacent to an activating group) is 7. The third-order valence-electron chi connectivity index (χ3n) is 18.2. The minimum Gasteiger partial charge on any atom is -0.391 e. The quantitative estimate of drug-likeness (QED) is 0.157. The van der Waals surface area contributed by atoms with Crippen LogP contribution in [0.4, 0.5) is 0 Å². The molecule has 0 spiro atoms. The van der Waals surface area contributed by atoms with Crippen LogP contribution in [0.3, 0.4) is 0 Å². The SMILES string of the molecule is CC(C)C[C@H]1C(=O)N[C@@H](C)C(=O)N(C)[C@@H](C)C(=O)N[C@H](C(=O)N(C)[C@@H](Cc2ccccc2)C(=O)N[C@@H](C)C(=O)N2CCCCC2)CC(=O)N(C)[C@@H](C)C(=O)N(C)[C@@H](C(C)C)C(=O)N(C)[C@@H](C)C(=O)N[C@@H]([C@@H](C)O)C(=O)N(C)[C@@H](C)C(=O)N[C@@H](Cc2ccccc2)C(=O)N1C. The first kappa shape index (κ1) is 78.0. The molecule has 0 unspecified atom stereocenters. The van der Waals surface area contributed by atoms with Gasteiger partial charge in [-0.05, 0) is 97.1 Å². The second-order valence-corrected chi connectivity index (χ2v) is 26.0. The summed E-state index contributed by atoms with van der Waals surface area (Å²) in [5.74, 6) is -11.0. The number of carbonyl (C=O) groups is 13. The molecule has 4 rings (SSSR count). The van der Waals surface area contributed by atoms with Crippen molar-refractivity contribution in [3.8, 4) is 0 Å². The van der Waals surface area contributed by atoms with E-state index in [0.29, 0.717) is 24.2 Å². The summed E-state index contributed by atoms with van der Waals surface area (Å²) in [6.07, 6.45) is 0.105. The summed E-state index contributed by atoms with van der Waals surface area (Å²) in [6, 6.07) is 0.930. The Kier molecular flexibility index (Phi) is 29.1. The Morgan fingerprint density at radius 2 is 1.06 bits per heavy atom. The maximum Gasteiger partial charge on any atom is 0.248 e. The van der Waals surface area contributed by atoms with Crippen LogP contribution in [0.2, 0.25) is 0 Å². The lowest BCUT2D eigenvalue weighted by atomic mass is 9.99. The Bertz CT molecular complexity index is 3020. The van der Waals surface area contributed by atoms with Gasteiger partial charge in [0.2, 0.25) is 76.8 Å². The number of nitrogens with one attached hydrogen (secondary N) is 5. The zero-order chi connectivity index (χ0) is 70.9. The van der Waals surface area contributed by atoms with Gasteiger partial charge < -0.3 is 70.9 Å². The number of hydrogen-bond donors (Lipinski definition) is 6. The number of likely N-dealkylation sites (tertiary alicyclic amines) is 1. The molecule has 94 heavy (non-hydrogen) atoms. The van der Waals surface area contributed by atoms with E-state index < -0.39 is 162 Å². The maximum absolute atomic E-state index is 15.2. The van der Waals surface area contributed by atoms with Gasteiger partial charge in [-0.15, -0.1) is 0 Å². The van der Waals surface area contributed by atoms with Crippen molar-refractivity contribution in [1.82, 2.24) is 65.8 Å². The highest BCUT2D eigenvalue weighted by Gasteiger charge is 2.43. The van der Waals surface area contributed by atoms with Crippen LogP contribution >= 0.6 is 0 Å². The standard InChI is InChI=1S/C67H103N13O14/c1-38(2)34-51-59(86)68-40(5)61(88)74(13)42(7)56(83)71-50(65(92)78(17)52(36-48-30-24-20-25-31-48)60(87)69-41(6)62(89)80-32-26-21-27-33-80)37-53(82)73(12)45(10)63(90)79(18)55(39(3)4)67(94)76(15)44(9)58(85)72-54(46(11)81)66(93)75(14)43(8)57(84)70-49(64(91)77(51)16)35-47-28-22-19-23-29-47/h19-20,22-25,28-31,38-46,49-52,54-55,81H,21,26-27,32-37H2,1-18H3,(H,68,86)(H,69,87)(H,70,84)(H,71,83)(H,72,85)/t40-,41-,42-,43-,44-,45-,46+,49-,50-,51-,52-,54-,55-/m0/s1. The Morgan fingerprint density at radius 1 is 0.564 bits per heavy atom. The van der Waals surface area contributed by atoms with Crippen molar-refractivity contribution in [2.24, 2.45) is 11.8 Å². The lowest BCUT2D eigenvalue weighted by Gasteiger charge is -2.38. The van der Waals surface area contributed by atoms with E-state index in [1.807, 2.05) is 13.8 Å². The highest BCUT2D eigenvalue weighted by Crippen LogP contribution is 2.21. The van der Waals surface area contributed by atoms with Gasteiger partial charge in [0.15, 0.2) is 0 Å². The van der Waals surface area contributed by atoms with E-state index in [4.69, 9.17) is 0 Å². The Morgan fingerprint density at radius 3 is 1.59 bits per heavy atom. The molecule has 2 heterocycles. The van der Waals surface area contributed by atoms with Crippen molar-refractivity contribution in [1.29, 1.82) is 0 Å². The highest BCUT2D eigenvalue weighted by atomic mass is 16.3. The maximum atomic E-state index is 15.2. The van der Waals surface area contributed by atoms with Crippen LogP contribution in [0.25, 0.3) is 0 Å². The number of nitrogens with zero attached hydrogens (tertiary/aromatic N) is 8. The monoisotopic (exact) mass is 1310 g/mol. The molecule has 13 amide bonds. The normalized spacial score (nSPS) is 25.9. The zero-order valence-electron chi connectivity index (χ0n) is 58.1. The van der Waals surface area contributed by atoms with Gasteiger partial charge in [-0.1, -0.05) is 88.4 Å². The predicted octanol–water partition coefficient (Wildman–Crippen LogP) is 0.303. The van der Waals surface area contributed by atoms with E-state index in [1.165, 1.54) is 90.9 Å². The predicted molar refractivity (Wildman–Crippen MR) is 351 cm³/mol. The summed E-state index contributed by atoms with van der Waals surface area (Å²) in [6.45, 7) is 17.6. The molecule has 2 aliphatic rings. The highest BCUT2D eigenvalue weighted by molar-refractivity contribution is 6.01. The molecule has 27 heteroatoms. The van der Waals surface area contributed by atoms with Crippen molar-refractivity contribution in [2.45, 2.75) is 200 Å². The van der Waals surface area contributed by atoms with E-state index in [0.717, 1.165) is 53.6 Å². The molecule has 27 nitrogen and oxygen atoms in total. The van der Waals surface area contributed by atoms with Gasteiger partial charge in [0.25, 0.3) is 0 Å². The first-order chi connectivity index (χ1) is 43.9. The molecule has 0 bridgehead atoms. The molecule has 2 aliphatic heterocycles. The number of aliphatic hydroxyl groups excluding tert-OH is 1. The topological polar surface area (TPSA) is 328 Å². The van der Waals surface area contributed by atoms with E-state index in [2.05, 4.69) is 26.6 Å². The molecule has 0 radical (unpaired) electrons. The molecule has 520 valence electrons. The Hall–Kier alpha value is -8.49. The lowest BCUT2D eigenvalue weighted by molar-refractivity contribution is -0.153. The molecule has 0 aliphatic carbocycles. The summed E-state index contributed by atoms with van der Waals surface area (Å²) in [7, 11) is 9.18. The van der Waals surface area contributed by atoms with Crippen molar-refractivity contribution in [3.05, 3.63) is 71.8 Å². The first-order valence-corrected chi connectivity index (χ1v) is 32.4. The van der Waals surface area contributed by atoms with Gasteiger partial charge in [0, 0.05) is 75.3 Å². The summed E-state index contributed by atoms with van der Waals surface area (Å²) in [5, 5.41) is 24.4. The molecule has 2 fully saturated rings. The van der Waals surface area contributed by atoms with Crippen LogP contribution in [0.5, 0.6) is 0 Å². The van der Waals surface area contributed by atoms with Crippen molar-refractivity contribution >= 4 is 76.8 Å². The Balaban J connectivity index is 1.85. The second-order valence-electron chi connectivity index (χ2n) is 26.0. The molecule has 13 atom stereocenters. The van der Waals surface area contributed by atoms with E-state index >= 15 is 4.79 Å². The van der Waals surface area contributed by atoms with Crippen LogP contribution in [0.1, 0.15) is 119 Å². The third kappa shape index (κ3) is 20.3. The Labute approximate surface area is 553 Å². The molecule has 2 aromatic rings. The van der Waals surface area contributed by atoms with Crippen LogP contribution in [-0.4, -0.2) is 262 Å². The fraction of sp³-hybridized carbons (Fsp3) is 0.627. The largest absolute Gasteiger partial charge is 0.391 e. The van der Waals surface area contributed by atoms with E-state index in [-0.39, 0.29) is 31.1 Å². The number of benzene rings is 2. The molecule has 2 saturated heterocycles.